The SMILES string of the molecule is COc1ccc(/C(O)=C2\C(=O)C(=O)N[C@@H]2c2cccc(F)c2)cc1. The summed E-state index contributed by atoms with van der Waals surface area (Å²) >= 11 is 0. The van der Waals surface area contributed by atoms with E-state index in [9.17, 15) is 19.1 Å². The first-order chi connectivity index (χ1) is 11.5. The van der Waals surface area contributed by atoms with Crippen molar-refractivity contribution in [3.8, 4) is 5.75 Å². The van der Waals surface area contributed by atoms with Crippen LogP contribution in [0.1, 0.15) is 17.2 Å². The summed E-state index contributed by atoms with van der Waals surface area (Å²) in [7, 11) is 1.51. The minimum atomic E-state index is -0.900. The van der Waals surface area contributed by atoms with Crippen molar-refractivity contribution in [2.45, 2.75) is 6.04 Å². The Labute approximate surface area is 137 Å². The molecule has 1 fully saturated rings. The highest BCUT2D eigenvalue weighted by molar-refractivity contribution is 6.46. The van der Waals surface area contributed by atoms with Crippen LogP contribution in [-0.2, 0) is 9.59 Å². The van der Waals surface area contributed by atoms with Gasteiger partial charge >= 0.3 is 0 Å². The summed E-state index contributed by atoms with van der Waals surface area (Å²) in [6.45, 7) is 0. The Bertz CT molecular complexity index is 842. The van der Waals surface area contributed by atoms with Crippen molar-refractivity contribution in [1.82, 2.24) is 5.32 Å². The second-order valence-electron chi connectivity index (χ2n) is 5.28. The van der Waals surface area contributed by atoms with Gasteiger partial charge in [-0.25, -0.2) is 4.39 Å². The van der Waals surface area contributed by atoms with Crippen molar-refractivity contribution in [2.75, 3.05) is 7.11 Å². The van der Waals surface area contributed by atoms with E-state index in [-0.39, 0.29) is 11.3 Å². The zero-order chi connectivity index (χ0) is 17.3. The molecular formula is C18H14FNO4. The highest BCUT2D eigenvalue weighted by Crippen LogP contribution is 2.33. The van der Waals surface area contributed by atoms with Crippen LogP contribution in [-0.4, -0.2) is 23.9 Å². The molecule has 0 saturated carbocycles. The molecule has 0 unspecified atom stereocenters. The van der Waals surface area contributed by atoms with Crippen molar-refractivity contribution in [1.29, 1.82) is 0 Å². The number of carbonyl (C=O) groups excluding carboxylic acids is 2. The first-order valence-corrected chi connectivity index (χ1v) is 7.19. The van der Waals surface area contributed by atoms with E-state index in [1.54, 1.807) is 30.3 Å². The van der Waals surface area contributed by atoms with E-state index in [1.807, 2.05) is 0 Å². The summed E-state index contributed by atoms with van der Waals surface area (Å²) in [5, 5.41) is 13.0. The normalized spacial score (nSPS) is 19.2. The third kappa shape index (κ3) is 2.74. The van der Waals surface area contributed by atoms with Crippen molar-refractivity contribution < 1.29 is 23.8 Å². The molecule has 1 atom stereocenters. The van der Waals surface area contributed by atoms with Gasteiger partial charge in [0, 0.05) is 5.56 Å². The van der Waals surface area contributed by atoms with Crippen LogP contribution in [0.3, 0.4) is 0 Å². The van der Waals surface area contributed by atoms with Crippen molar-refractivity contribution >= 4 is 17.4 Å². The van der Waals surface area contributed by atoms with Crippen LogP contribution in [0.15, 0.2) is 54.1 Å². The molecular weight excluding hydrogens is 313 g/mol. The van der Waals surface area contributed by atoms with Gasteiger partial charge in [-0.2, -0.15) is 0 Å². The van der Waals surface area contributed by atoms with E-state index < -0.39 is 23.5 Å². The molecule has 1 amide bonds. The summed E-state index contributed by atoms with van der Waals surface area (Å²) in [6, 6.07) is 11.0. The van der Waals surface area contributed by atoms with E-state index in [0.29, 0.717) is 16.9 Å². The van der Waals surface area contributed by atoms with Gasteiger partial charge in [-0.15, -0.1) is 0 Å². The zero-order valence-electron chi connectivity index (χ0n) is 12.7. The van der Waals surface area contributed by atoms with Crippen LogP contribution in [0.4, 0.5) is 4.39 Å². The number of aliphatic hydroxyl groups is 1. The molecule has 2 aromatic rings. The number of ketones is 1. The fourth-order valence-electron chi connectivity index (χ4n) is 2.61. The van der Waals surface area contributed by atoms with Gasteiger partial charge in [-0.05, 0) is 42.0 Å². The van der Waals surface area contributed by atoms with Crippen LogP contribution >= 0.6 is 0 Å². The third-order valence-corrected chi connectivity index (χ3v) is 3.82. The fraction of sp³-hybridized carbons (Fsp3) is 0.111. The molecule has 122 valence electrons. The van der Waals surface area contributed by atoms with Gasteiger partial charge in [-0.3, -0.25) is 9.59 Å². The van der Waals surface area contributed by atoms with E-state index in [2.05, 4.69) is 5.32 Å². The van der Waals surface area contributed by atoms with Crippen LogP contribution in [0, 0.1) is 5.82 Å². The number of amides is 1. The zero-order valence-corrected chi connectivity index (χ0v) is 12.7. The van der Waals surface area contributed by atoms with Crippen molar-refractivity contribution in [3.05, 3.63) is 71.0 Å². The number of rotatable bonds is 3. The number of aliphatic hydroxyl groups excluding tert-OH is 1. The minimum Gasteiger partial charge on any atom is -0.507 e. The molecule has 5 nitrogen and oxygen atoms in total. The largest absolute Gasteiger partial charge is 0.507 e. The molecule has 0 aromatic heterocycles. The molecule has 24 heavy (non-hydrogen) atoms. The van der Waals surface area contributed by atoms with E-state index in [0.717, 1.165) is 0 Å². The molecule has 0 spiro atoms. The second-order valence-corrected chi connectivity index (χ2v) is 5.28. The van der Waals surface area contributed by atoms with E-state index in [1.165, 1.54) is 25.3 Å². The molecule has 3 rings (SSSR count). The number of nitrogens with one attached hydrogen (secondary N) is 1. The Morgan fingerprint density at radius 2 is 1.88 bits per heavy atom. The minimum absolute atomic E-state index is 0.101. The number of ether oxygens (including phenoxy) is 1. The van der Waals surface area contributed by atoms with Crippen molar-refractivity contribution in [3.63, 3.8) is 0 Å². The molecule has 1 saturated heterocycles. The lowest BCUT2D eigenvalue weighted by atomic mass is 9.96. The average molecular weight is 327 g/mol. The molecule has 6 heteroatoms. The summed E-state index contributed by atoms with van der Waals surface area (Å²) in [5.41, 5.74) is 0.636. The average Bonchev–Trinajstić information content (AvgIpc) is 2.89. The smallest absolute Gasteiger partial charge is 0.293 e. The third-order valence-electron chi connectivity index (χ3n) is 3.82. The molecule has 0 aliphatic carbocycles. The Morgan fingerprint density at radius 1 is 1.17 bits per heavy atom. The summed E-state index contributed by atoms with van der Waals surface area (Å²) in [4.78, 5) is 23.9. The van der Waals surface area contributed by atoms with Crippen LogP contribution in [0.25, 0.3) is 5.76 Å². The van der Waals surface area contributed by atoms with Gasteiger partial charge in [0.05, 0.1) is 18.7 Å². The molecule has 0 bridgehead atoms. The van der Waals surface area contributed by atoms with Crippen LogP contribution < -0.4 is 10.1 Å². The summed E-state index contributed by atoms with van der Waals surface area (Å²) in [6.07, 6.45) is 0. The lowest BCUT2D eigenvalue weighted by molar-refractivity contribution is -0.133. The van der Waals surface area contributed by atoms with Gasteiger partial charge in [0.25, 0.3) is 11.7 Å². The van der Waals surface area contributed by atoms with Crippen LogP contribution in [0.5, 0.6) is 5.75 Å². The van der Waals surface area contributed by atoms with Crippen molar-refractivity contribution in [2.24, 2.45) is 0 Å². The van der Waals surface area contributed by atoms with E-state index >= 15 is 0 Å². The Morgan fingerprint density at radius 3 is 2.50 bits per heavy atom. The first-order valence-electron chi connectivity index (χ1n) is 7.19. The van der Waals surface area contributed by atoms with Gasteiger partial charge in [-0.1, -0.05) is 12.1 Å². The maximum atomic E-state index is 13.5. The van der Waals surface area contributed by atoms with Gasteiger partial charge < -0.3 is 15.2 Å². The first kappa shape index (κ1) is 15.7. The number of methoxy groups -OCH3 is 1. The lowest BCUT2D eigenvalue weighted by Gasteiger charge is -2.14. The topological polar surface area (TPSA) is 75.6 Å². The predicted octanol–water partition coefficient (Wildman–Crippen LogP) is 2.54. The lowest BCUT2D eigenvalue weighted by Crippen LogP contribution is -2.21. The Kier molecular flexibility index (Phi) is 4.04. The quantitative estimate of drug-likeness (QED) is 0.516. The summed E-state index contributed by atoms with van der Waals surface area (Å²) < 4.78 is 18.5. The highest BCUT2D eigenvalue weighted by atomic mass is 19.1. The number of hydrogen-bond donors (Lipinski definition) is 2. The Balaban J connectivity index is 2.09. The van der Waals surface area contributed by atoms with Crippen LogP contribution in [0.2, 0.25) is 0 Å². The Hall–Kier alpha value is -3.15. The van der Waals surface area contributed by atoms with Gasteiger partial charge in [0.1, 0.15) is 17.3 Å². The summed E-state index contributed by atoms with van der Waals surface area (Å²) in [5.74, 6) is -1.90. The molecule has 2 aromatic carbocycles. The monoisotopic (exact) mass is 327 g/mol. The number of carbonyl (C=O) groups is 2. The molecule has 2 N–H and O–H groups in total. The maximum absolute atomic E-state index is 13.5. The van der Waals surface area contributed by atoms with Gasteiger partial charge in [0.15, 0.2) is 0 Å². The molecule has 0 radical (unpaired) electrons. The number of Topliss-reactive ketones (excluding diaryl/α,β-unsaturated/α-hetero) is 1. The maximum Gasteiger partial charge on any atom is 0.293 e. The molecule has 1 heterocycles. The second kappa shape index (κ2) is 6.16. The van der Waals surface area contributed by atoms with E-state index in [4.69, 9.17) is 4.74 Å². The number of halogens is 1. The van der Waals surface area contributed by atoms with Gasteiger partial charge in [0.2, 0.25) is 0 Å². The standard InChI is InChI=1S/C18H14FNO4/c1-24-13-7-5-10(6-8-13)16(21)14-15(20-18(23)17(14)22)11-3-2-4-12(19)9-11/h2-9,15,21H,1H3,(H,20,23)/b16-14+/t15-/m1/s1. The fourth-order valence-corrected chi connectivity index (χ4v) is 2.61. The molecule has 1 aliphatic heterocycles. The number of benzene rings is 2. The molecule has 1 aliphatic rings. The number of hydrogen-bond acceptors (Lipinski definition) is 4. The predicted molar refractivity (Wildman–Crippen MR) is 84.8 cm³/mol. The highest BCUT2D eigenvalue weighted by Gasteiger charge is 2.39.